The molecule has 0 bridgehead atoms. The maximum atomic E-state index is 16.6. The molecule has 0 radical (unpaired) electrons. The van der Waals surface area contributed by atoms with Gasteiger partial charge in [0.05, 0.1) is 68.9 Å². The summed E-state index contributed by atoms with van der Waals surface area (Å²) in [4.78, 5) is 9.72. The summed E-state index contributed by atoms with van der Waals surface area (Å²) in [6.45, 7) is 16.6. The van der Waals surface area contributed by atoms with E-state index in [0.717, 1.165) is 92.7 Å². The predicted octanol–water partition coefficient (Wildman–Crippen LogP) is 15.2. The minimum atomic E-state index is -1.38. The molecule has 12 rings (SSSR count). The molecule has 14 heteroatoms. The van der Waals surface area contributed by atoms with Crippen molar-refractivity contribution in [3.63, 3.8) is 0 Å². The number of fused-ring (bicyclic) bond motifs is 6. The molecule has 2 N–H and O–H groups in total. The van der Waals surface area contributed by atoms with Crippen LogP contribution in [0.2, 0.25) is 0 Å². The van der Waals surface area contributed by atoms with Gasteiger partial charge in [-0.25, -0.2) is 17.6 Å². The van der Waals surface area contributed by atoms with Gasteiger partial charge < -0.3 is 37.7 Å². The first kappa shape index (κ1) is 52.9. The van der Waals surface area contributed by atoms with E-state index in [1.807, 2.05) is 61.1 Å². The average Bonchev–Trinajstić information content (AvgIpc) is 4.28. The van der Waals surface area contributed by atoms with Crippen LogP contribution in [0.25, 0.3) is 66.1 Å². The molecule has 2 atom stereocenters. The van der Waals surface area contributed by atoms with Crippen LogP contribution in [-0.2, 0) is 20.7 Å². The topological polar surface area (TPSA) is 121 Å². The highest BCUT2D eigenvalue weighted by Gasteiger charge is 2.36. The van der Waals surface area contributed by atoms with E-state index in [9.17, 15) is 19.0 Å². The van der Waals surface area contributed by atoms with Gasteiger partial charge in [0.1, 0.15) is 23.2 Å². The molecule has 0 aliphatic carbocycles. The van der Waals surface area contributed by atoms with E-state index in [2.05, 4.69) is 0 Å². The van der Waals surface area contributed by atoms with Crippen molar-refractivity contribution in [2.45, 2.75) is 104 Å². The first-order chi connectivity index (χ1) is 37.3. The van der Waals surface area contributed by atoms with Crippen molar-refractivity contribution < 1.29 is 46.1 Å². The molecule has 4 aromatic carbocycles. The number of nitrogens with zero attached hydrogens (tertiary/aromatic N) is 4. The SMILES string of the molecule is Cc1coc(C)c1-c1cnc2c3ccc(C(C)(C)O)c(F)c3n(C(c3ccc(F)cc3)C3CCOCC3)c2c1.Cc1coc(C)c1-c1cnc2c3ccc(C(C)(C)O)c(F)c3n(C(c3ccc(F)cc3)C3CCOCC3)c2c1. The van der Waals surface area contributed by atoms with E-state index in [1.165, 1.54) is 24.3 Å². The van der Waals surface area contributed by atoms with Crippen LogP contribution in [0, 0.1) is 62.8 Å². The molecule has 0 saturated carbocycles. The lowest BCUT2D eigenvalue weighted by molar-refractivity contribution is 0.0550. The van der Waals surface area contributed by atoms with Crippen LogP contribution in [0.5, 0.6) is 0 Å². The second-order valence-corrected chi connectivity index (χ2v) is 22.3. The fourth-order valence-electron chi connectivity index (χ4n) is 12.4. The quantitative estimate of drug-likeness (QED) is 0.130. The van der Waals surface area contributed by atoms with Gasteiger partial charge in [-0.05, 0) is 152 Å². The second-order valence-electron chi connectivity index (χ2n) is 22.3. The smallest absolute Gasteiger partial charge is 0.153 e. The van der Waals surface area contributed by atoms with Crippen LogP contribution >= 0.6 is 0 Å². The van der Waals surface area contributed by atoms with E-state index in [4.69, 9.17) is 28.3 Å². The first-order valence-corrected chi connectivity index (χ1v) is 26.8. The van der Waals surface area contributed by atoms with Crippen LogP contribution < -0.4 is 0 Å². The normalized spacial score (nSPS) is 15.9. The molecular weight excluding hydrogens is 997 g/mol. The summed E-state index contributed by atoms with van der Waals surface area (Å²) in [5.74, 6) is 0.207. The molecule has 2 aliphatic rings. The molecule has 404 valence electrons. The van der Waals surface area contributed by atoms with Gasteiger partial charge in [0.15, 0.2) is 11.6 Å². The number of rotatable bonds is 10. The Morgan fingerprint density at radius 2 is 0.885 bits per heavy atom. The molecule has 0 spiro atoms. The number of aromatic nitrogens is 4. The Kier molecular flexibility index (Phi) is 14.0. The molecule has 10 nitrogen and oxygen atoms in total. The van der Waals surface area contributed by atoms with Crippen LogP contribution in [0.4, 0.5) is 17.6 Å². The Morgan fingerprint density at radius 1 is 0.526 bits per heavy atom. The van der Waals surface area contributed by atoms with E-state index in [0.29, 0.717) is 59.3 Å². The highest BCUT2D eigenvalue weighted by Crippen LogP contribution is 2.46. The van der Waals surface area contributed by atoms with Crippen molar-refractivity contribution in [3.05, 3.63) is 178 Å². The number of hydrogen-bond donors (Lipinski definition) is 2. The summed E-state index contributed by atoms with van der Waals surface area (Å²) >= 11 is 0. The third-order valence-electron chi connectivity index (χ3n) is 16.1. The lowest BCUT2D eigenvalue weighted by Crippen LogP contribution is -2.27. The van der Waals surface area contributed by atoms with Crippen LogP contribution in [0.15, 0.2) is 119 Å². The maximum Gasteiger partial charge on any atom is 0.153 e. The number of furan rings is 2. The van der Waals surface area contributed by atoms with Crippen molar-refractivity contribution in [2.75, 3.05) is 26.4 Å². The Morgan fingerprint density at radius 3 is 1.21 bits per heavy atom. The summed E-state index contributed by atoms with van der Waals surface area (Å²) in [7, 11) is 0. The van der Waals surface area contributed by atoms with Crippen molar-refractivity contribution >= 4 is 43.9 Å². The summed E-state index contributed by atoms with van der Waals surface area (Å²) in [6, 6.07) is 23.4. The lowest BCUT2D eigenvalue weighted by atomic mass is 9.86. The fraction of sp³-hybridized carbons (Fsp3) is 0.344. The Balaban J connectivity index is 0.000000165. The van der Waals surface area contributed by atoms with Crippen LogP contribution in [-0.4, -0.2) is 55.7 Å². The van der Waals surface area contributed by atoms with E-state index < -0.39 is 22.8 Å². The van der Waals surface area contributed by atoms with Gasteiger partial charge in [0.25, 0.3) is 0 Å². The number of pyridine rings is 2. The Hall–Kier alpha value is -7.10. The molecule has 2 unspecified atom stereocenters. The number of hydrogen-bond acceptors (Lipinski definition) is 8. The van der Waals surface area contributed by atoms with Crippen molar-refractivity contribution in [3.8, 4) is 22.3 Å². The number of aliphatic hydroxyl groups is 2. The molecule has 0 amide bonds. The highest BCUT2D eigenvalue weighted by molar-refractivity contribution is 6.08. The van der Waals surface area contributed by atoms with Gasteiger partial charge in [-0.2, -0.15) is 0 Å². The summed E-state index contributed by atoms with van der Waals surface area (Å²) in [5.41, 5.74) is 8.76. The summed E-state index contributed by atoms with van der Waals surface area (Å²) in [5, 5.41) is 23.0. The molecule has 2 saturated heterocycles. The third-order valence-corrected chi connectivity index (χ3v) is 16.1. The number of ether oxygens (including phenoxy) is 2. The first-order valence-electron chi connectivity index (χ1n) is 26.8. The van der Waals surface area contributed by atoms with Crippen LogP contribution in [0.1, 0.15) is 110 Å². The minimum absolute atomic E-state index is 0.120. The fourth-order valence-corrected chi connectivity index (χ4v) is 12.4. The minimum Gasteiger partial charge on any atom is -0.469 e. The largest absolute Gasteiger partial charge is 0.469 e. The zero-order chi connectivity index (χ0) is 54.9. The van der Waals surface area contributed by atoms with E-state index in [-0.39, 0.29) is 46.7 Å². The molecule has 2 aliphatic heterocycles. The van der Waals surface area contributed by atoms with Gasteiger partial charge in [0, 0.05) is 83.0 Å². The molecular formula is C64H64F4N4O6. The standard InChI is InChI=1S/2C32H32F2N2O3/c2*1-18-17-39-19(2)27(18)22-15-26-29(35-16-22)24-9-10-25(32(3,4)37)28(34)31(24)36(26)30(21-11-13-38-14-12-21)20-5-7-23(33)8-6-20/h2*5-10,15-17,21,30,37H,11-14H2,1-4H3. The Labute approximate surface area is 450 Å². The zero-order valence-corrected chi connectivity index (χ0v) is 45.2. The summed E-state index contributed by atoms with van der Waals surface area (Å²) in [6.07, 6.45) is 10.2. The van der Waals surface area contributed by atoms with Crippen LogP contribution in [0.3, 0.4) is 0 Å². The average molecular weight is 1060 g/mol. The van der Waals surface area contributed by atoms with Gasteiger partial charge in [0.2, 0.25) is 0 Å². The second kappa shape index (κ2) is 20.6. The van der Waals surface area contributed by atoms with Gasteiger partial charge in [-0.3, -0.25) is 9.97 Å². The monoisotopic (exact) mass is 1060 g/mol. The zero-order valence-electron chi connectivity index (χ0n) is 45.2. The number of aryl methyl sites for hydroxylation is 4. The number of benzene rings is 4. The summed E-state index contributed by atoms with van der Waals surface area (Å²) < 4.78 is 88.0. The van der Waals surface area contributed by atoms with Gasteiger partial charge in [-0.1, -0.05) is 48.5 Å². The number of halogens is 4. The maximum absolute atomic E-state index is 16.6. The third kappa shape index (κ3) is 9.50. The van der Waals surface area contributed by atoms with Gasteiger partial charge in [-0.15, -0.1) is 0 Å². The van der Waals surface area contributed by atoms with Crippen molar-refractivity contribution in [1.82, 2.24) is 19.1 Å². The highest BCUT2D eigenvalue weighted by atomic mass is 19.1. The van der Waals surface area contributed by atoms with E-state index in [1.54, 1.807) is 89.0 Å². The molecule has 6 aromatic heterocycles. The molecule has 78 heavy (non-hydrogen) atoms. The van der Waals surface area contributed by atoms with Crippen molar-refractivity contribution in [1.29, 1.82) is 0 Å². The van der Waals surface area contributed by atoms with E-state index >= 15 is 8.78 Å². The molecule has 10 aromatic rings. The van der Waals surface area contributed by atoms with Crippen molar-refractivity contribution in [2.24, 2.45) is 11.8 Å². The molecule has 2 fully saturated rings. The van der Waals surface area contributed by atoms with Gasteiger partial charge >= 0.3 is 0 Å². The molecule has 8 heterocycles. The lowest BCUT2D eigenvalue weighted by Gasteiger charge is -2.33. The predicted molar refractivity (Wildman–Crippen MR) is 295 cm³/mol. The Bertz CT molecular complexity index is 3560.